The van der Waals surface area contributed by atoms with Crippen molar-refractivity contribution in [1.82, 2.24) is 0 Å². The van der Waals surface area contributed by atoms with Crippen molar-refractivity contribution in [3.63, 3.8) is 0 Å². The van der Waals surface area contributed by atoms with E-state index in [1.54, 1.807) is 0 Å². The summed E-state index contributed by atoms with van der Waals surface area (Å²) in [6.45, 7) is 8.12. The molecule has 1 atom stereocenters. The lowest BCUT2D eigenvalue weighted by atomic mass is 9.85. The lowest BCUT2D eigenvalue weighted by molar-refractivity contribution is -0.117. The molecule has 18 heavy (non-hydrogen) atoms. The quantitative estimate of drug-likeness (QED) is 0.813. The van der Waals surface area contributed by atoms with Crippen molar-refractivity contribution in [1.29, 1.82) is 0 Å². The Morgan fingerprint density at radius 3 is 2.56 bits per heavy atom. The van der Waals surface area contributed by atoms with Gasteiger partial charge in [0.1, 0.15) is 0 Å². The lowest BCUT2D eigenvalue weighted by Gasteiger charge is -2.26. The Hall–Kier alpha value is -0.620. The fraction of sp³-hybridized carbons (Fsp3) is 0.500. The van der Waals surface area contributed by atoms with Crippen molar-refractivity contribution < 1.29 is 4.79 Å². The van der Waals surface area contributed by atoms with Crippen LogP contribution in [0.2, 0.25) is 0 Å². The largest absolute Gasteiger partial charge is 0.327 e. The molecule has 0 radical (unpaired) electrons. The molecule has 4 heteroatoms. The number of benzene rings is 1. The molecule has 0 spiro atoms. The number of hydrogen-bond acceptors (Lipinski definition) is 2. The molecule has 1 aromatic carbocycles. The second-order valence-corrected chi connectivity index (χ2v) is 6.93. The summed E-state index contributed by atoms with van der Waals surface area (Å²) in [4.78, 5) is 11.9. The van der Waals surface area contributed by atoms with Gasteiger partial charge < -0.3 is 11.1 Å². The summed E-state index contributed by atoms with van der Waals surface area (Å²) >= 11 is 2.25. The molecule has 0 fully saturated rings. The molecule has 3 N–H and O–H groups in total. The van der Waals surface area contributed by atoms with E-state index in [1.165, 1.54) is 0 Å². The minimum Gasteiger partial charge on any atom is -0.327 e. The summed E-state index contributed by atoms with van der Waals surface area (Å²) in [5.74, 6) is -0.0262. The third-order valence-electron chi connectivity index (χ3n) is 2.98. The van der Waals surface area contributed by atoms with Crippen LogP contribution in [0, 0.1) is 15.9 Å². The van der Waals surface area contributed by atoms with Gasteiger partial charge in [-0.3, -0.25) is 4.79 Å². The number of aryl methyl sites for hydroxylation is 1. The van der Waals surface area contributed by atoms with Gasteiger partial charge in [-0.2, -0.15) is 0 Å². The molecule has 1 aromatic rings. The standard InChI is InChI=1S/C14H21IN2O/c1-9-7-10(15)5-6-11(9)17-13(18)8-12(16)14(2,3)4/h5-7,12H,8,16H2,1-4H3,(H,17,18). The molecule has 100 valence electrons. The number of anilines is 1. The Morgan fingerprint density at radius 1 is 1.44 bits per heavy atom. The van der Waals surface area contributed by atoms with Gasteiger partial charge in [0, 0.05) is 21.7 Å². The van der Waals surface area contributed by atoms with E-state index in [4.69, 9.17) is 5.73 Å². The number of nitrogens with one attached hydrogen (secondary N) is 1. The first-order valence-electron chi connectivity index (χ1n) is 6.01. The van der Waals surface area contributed by atoms with Crippen LogP contribution in [0.1, 0.15) is 32.8 Å². The molecule has 1 unspecified atom stereocenters. The van der Waals surface area contributed by atoms with E-state index in [0.717, 1.165) is 14.8 Å². The number of nitrogens with two attached hydrogens (primary N) is 1. The van der Waals surface area contributed by atoms with E-state index in [9.17, 15) is 4.79 Å². The molecule has 0 aliphatic carbocycles. The molecule has 0 aromatic heterocycles. The Labute approximate surface area is 123 Å². The molecule has 0 aliphatic rings. The van der Waals surface area contributed by atoms with Crippen LogP contribution in [-0.2, 0) is 4.79 Å². The average molecular weight is 360 g/mol. The third-order valence-corrected chi connectivity index (χ3v) is 3.65. The Morgan fingerprint density at radius 2 is 2.06 bits per heavy atom. The van der Waals surface area contributed by atoms with Gasteiger partial charge in [0.15, 0.2) is 0 Å². The fourth-order valence-electron chi connectivity index (χ4n) is 1.47. The van der Waals surface area contributed by atoms with Crippen LogP contribution in [0.15, 0.2) is 18.2 Å². The van der Waals surface area contributed by atoms with E-state index in [0.29, 0.717) is 6.42 Å². The number of halogens is 1. The highest BCUT2D eigenvalue weighted by Crippen LogP contribution is 2.21. The van der Waals surface area contributed by atoms with Crippen molar-refractivity contribution >= 4 is 34.2 Å². The Balaban J connectivity index is 2.65. The van der Waals surface area contributed by atoms with Crippen LogP contribution in [-0.4, -0.2) is 11.9 Å². The molecule has 0 heterocycles. The predicted octanol–water partition coefficient (Wildman–Crippen LogP) is 3.30. The van der Waals surface area contributed by atoms with Crippen LogP contribution in [0.3, 0.4) is 0 Å². The minimum atomic E-state index is -0.137. The van der Waals surface area contributed by atoms with Gasteiger partial charge in [0.25, 0.3) is 0 Å². The molecule has 3 nitrogen and oxygen atoms in total. The smallest absolute Gasteiger partial charge is 0.225 e. The second-order valence-electron chi connectivity index (χ2n) is 5.68. The van der Waals surface area contributed by atoms with Crippen molar-refractivity contribution in [3.8, 4) is 0 Å². The second kappa shape index (κ2) is 6.02. The lowest BCUT2D eigenvalue weighted by Crippen LogP contribution is -2.38. The van der Waals surface area contributed by atoms with Gasteiger partial charge in [0.05, 0.1) is 0 Å². The summed E-state index contributed by atoms with van der Waals surface area (Å²) in [5.41, 5.74) is 7.88. The molecular formula is C14H21IN2O. The summed E-state index contributed by atoms with van der Waals surface area (Å²) in [6.07, 6.45) is 0.342. The van der Waals surface area contributed by atoms with Gasteiger partial charge in [-0.05, 0) is 58.7 Å². The van der Waals surface area contributed by atoms with Crippen LogP contribution in [0.4, 0.5) is 5.69 Å². The minimum absolute atomic E-state index is 0.0262. The van der Waals surface area contributed by atoms with E-state index in [2.05, 4.69) is 27.9 Å². The van der Waals surface area contributed by atoms with Crippen molar-refractivity contribution in [2.45, 2.75) is 40.2 Å². The number of amides is 1. The van der Waals surface area contributed by atoms with Gasteiger partial charge in [0.2, 0.25) is 5.91 Å². The normalized spacial score (nSPS) is 13.2. The highest BCUT2D eigenvalue weighted by molar-refractivity contribution is 14.1. The summed E-state index contributed by atoms with van der Waals surface area (Å²) < 4.78 is 1.16. The van der Waals surface area contributed by atoms with Crippen molar-refractivity contribution in [2.75, 3.05) is 5.32 Å². The fourth-order valence-corrected chi connectivity index (χ4v) is 2.12. The average Bonchev–Trinajstić information content (AvgIpc) is 2.20. The third kappa shape index (κ3) is 4.57. The number of carbonyl (C=O) groups excluding carboxylic acids is 1. The van der Waals surface area contributed by atoms with Gasteiger partial charge >= 0.3 is 0 Å². The number of carbonyl (C=O) groups is 1. The van der Waals surface area contributed by atoms with E-state index in [1.807, 2.05) is 45.9 Å². The van der Waals surface area contributed by atoms with Gasteiger partial charge in [-0.25, -0.2) is 0 Å². The first-order chi connectivity index (χ1) is 8.20. The maximum Gasteiger partial charge on any atom is 0.225 e. The zero-order chi connectivity index (χ0) is 13.9. The van der Waals surface area contributed by atoms with Gasteiger partial charge in [-0.1, -0.05) is 20.8 Å². The molecule has 0 bridgehead atoms. The van der Waals surface area contributed by atoms with Crippen LogP contribution in [0.25, 0.3) is 0 Å². The number of hydrogen-bond donors (Lipinski definition) is 2. The van der Waals surface area contributed by atoms with Crippen molar-refractivity contribution in [3.05, 3.63) is 27.3 Å². The predicted molar refractivity (Wildman–Crippen MR) is 84.6 cm³/mol. The number of rotatable bonds is 3. The molecule has 1 amide bonds. The molecule has 1 rings (SSSR count). The van der Waals surface area contributed by atoms with Crippen LogP contribution < -0.4 is 11.1 Å². The maximum absolute atomic E-state index is 11.9. The topological polar surface area (TPSA) is 55.1 Å². The zero-order valence-corrected chi connectivity index (χ0v) is 13.5. The Kier molecular flexibility index (Phi) is 5.16. The monoisotopic (exact) mass is 360 g/mol. The molecular weight excluding hydrogens is 339 g/mol. The first-order valence-corrected chi connectivity index (χ1v) is 7.09. The maximum atomic E-state index is 11.9. The first kappa shape index (κ1) is 15.4. The van der Waals surface area contributed by atoms with Crippen molar-refractivity contribution in [2.24, 2.45) is 11.1 Å². The molecule has 0 saturated heterocycles. The summed E-state index contributed by atoms with van der Waals surface area (Å²) in [7, 11) is 0. The van der Waals surface area contributed by atoms with E-state index in [-0.39, 0.29) is 17.4 Å². The summed E-state index contributed by atoms with van der Waals surface area (Å²) in [5, 5.41) is 2.92. The SMILES string of the molecule is Cc1cc(I)ccc1NC(=O)CC(N)C(C)(C)C. The van der Waals surface area contributed by atoms with E-state index >= 15 is 0 Å². The zero-order valence-electron chi connectivity index (χ0n) is 11.4. The highest BCUT2D eigenvalue weighted by Gasteiger charge is 2.23. The molecule has 0 saturated carbocycles. The van der Waals surface area contributed by atoms with Crippen LogP contribution >= 0.6 is 22.6 Å². The molecule has 0 aliphatic heterocycles. The Bertz CT molecular complexity index is 438. The van der Waals surface area contributed by atoms with Gasteiger partial charge in [-0.15, -0.1) is 0 Å². The highest BCUT2D eigenvalue weighted by atomic mass is 127. The van der Waals surface area contributed by atoms with Crippen LogP contribution in [0.5, 0.6) is 0 Å². The van der Waals surface area contributed by atoms with E-state index < -0.39 is 0 Å². The summed E-state index contributed by atoms with van der Waals surface area (Å²) in [6, 6.07) is 5.81.